The fraction of sp³-hybridized carbons (Fsp3) is 0.719. The van der Waals surface area contributed by atoms with Crippen LogP contribution in [0.2, 0.25) is 5.02 Å². The quantitative estimate of drug-likeness (QED) is 0.414. The van der Waals surface area contributed by atoms with Crippen molar-refractivity contribution < 1.29 is 24.0 Å². The molecule has 6 aliphatic rings. The van der Waals surface area contributed by atoms with E-state index < -0.39 is 17.7 Å². The molecule has 1 aromatic carbocycles. The third-order valence-corrected chi connectivity index (χ3v) is 10.9. The Morgan fingerprint density at radius 1 is 1.02 bits per heavy atom. The second-order valence-corrected chi connectivity index (χ2v) is 13.7. The molecule has 8 rings (SSSR count). The van der Waals surface area contributed by atoms with Gasteiger partial charge in [-0.3, -0.25) is 14.8 Å². The van der Waals surface area contributed by atoms with Crippen LogP contribution in [0, 0.1) is 23.7 Å². The first-order chi connectivity index (χ1) is 20.3. The van der Waals surface area contributed by atoms with E-state index in [0.717, 1.165) is 81.7 Å². The zero-order valence-electron chi connectivity index (χ0n) is 25.1. The molecule has 10 heteroatoms. The van der Waals surface area contributed by atoms with Gasteiger partial charge in [0.05, 0.1) is 12.1 Å². The molecule has 0 amide bonds. The summed E-state index contributed by atoms with van der Waals surface area (Å²) in [6.45, 7) is 14.2. The Balaban J connectivity index is 0.876. The highest BCUT2D eigenvalue weighted by Gasteiger charge is 2.69. The highest BCUT2D eigenvalue weighted by Crippen LogP contribution is 2.60. The van der Waals surface area contributed by atoms with E-state index in [-0.39, 0.29) is 12.2 Å². The molecule has 6 fully saturated rings. The maximum atomic E-state index is 6.58. The molecular weight excluding hydrogens is 556 g/mol. The van der Waals surface area contributed by atoms with Crippen molar-refractivity contribution in [2.75, 3.05) is 57.7 Å². The number of ether oxygens (including phenoxy) is 3. The number of anilines is 1. The van der Waals surface area contributed by atoms with Crippen molar-refractivity contribution >= 4 is 28.2 Å². The van der Waals surface area contributed by atoms with Crippen LogP contribution in [0.4, 0.5) is 5.69 Å². The van der Waals surface area contributed by atoms with Crippen molar-refractivity contribution in [1.29, 1.82) is 0 Å². The van der Waals surface area contributed by atoms with E-state index in [1.807, 2.05) is 37.4 Å². The van der Waals surface area contributed by atoms with Crippen molar-refractivity contribution in [2.24, 2.45) is 23.7 Å². The Morgan fingerprint density at radius 3 is 2.67 bits per heavy atom. The number of nitrogens with one attached hydrogen (secondary N) is 1. The number of hydrogen-bond donors (Lipinski definition) is 1. The van der Waals surface area contributed by atoms with Gasteiger partial charge in [0, 0.05) is 86.4 Å². The van der Waals surface area contributed by atoms with Gasteiger partial charge in [0.25, 0.3) is 0 Å². The fourth-order valence-electron chi connectivity index (χ4n) is 8.22. The van der Waals surface area contributed by atoms with Gasteiger partial charge in [-0.25, -0.2) is 9.78 Å². The van der Waals surface area contributed by atoms with Gasteiger partial charge in [0.2, 0.25) is 5.79 Å². The largest absolute Gasteiger partial charge is 0.383 e. The molecule has 1 spiro atoms. The van der Waals surface area contributed by atoms with Gasteiger partial charge >= 0.3 is 0 Å². The monoisotopic (exact) mass is 600 g/mol. The summed E-state index contributed by atoms with van der Waals surface area (Å²) in [5.74, 6) is 0.700. The highest BCUT2D eigenvalue weighted by molar-refractivity contribution is 6.31. The molecule has 1 aliphatic carbocycles. The minimum atomic E-state index is -0.752. The van der Waals surface area contributed by atoms with Gasteiger partial charge in [-0.2, -0.15) is 0 Å². The van der Waals surface area contributed by atoms with Gasteiger partial charge < -0.3 is 19.5 Å². The molecular formula is C32H45ClN4O5. The predicted molar refractivity (Wildman–Crippen MR) is 161 cm³/mol. The van der Waals surface area contributed by atoms with Crippen LogP contribution in [0.3, 0.4) is 0 Å². The first-order valence-electron chi connectivity index (χ1n) is 15.9. The summed E-state index contributed by atoms with van der Waals surface area (Å²) in [7, 11) is 0. The summed E-state index contributed by atoms with van der Waals surface area (Å²) in [4.78, 5) is 21.7. The standard InChI is InChI=1S/C32H45ClN4O5/c1-21-4-7-26-22(2)29(39-30-32(26)25(21)8-10-31(3,40-30)41-42-32)38-19-18-37-16-14-36(15-17-37)13-12-35-27-9-11-34-28-20-23(33)5-6-24(27)28/h5-6,9,11,20-22,25-26,29-30H,4,7-8,10,12-19H2,1-3H3,(H,34,35)/t21-,22-,25?,26?,29+,30-,31+,32-/m1/s1. The molecule has 5 aliphatic heterocycles. The SMILES string of the molecule is C[C@@H]1CCC2[C@@H](C)[C@@H](OCCN3CCN(CCNc4ccnc5cc(Cl)ccc45)CC3)O[C@@H]3O[C@]4(C)CCC1[C@@]23OO4. The van der Waals surface area contributed by atoms with Crippen molar-refractivity contribution in [3.05, 3.63) is 35.5 Å². The first kappa shape index (κ1) is 29.2. The smallest absolute Gasteiger partial charge is 0.201 e. The highest BCUT2D eigenvalue weighted by atomic mass is 35.5. The molecule has 0 radical (unpaired) electrons. The Bertz CT molecular complexity index is 1260. The van der Waals surface area contributed by atoms with Crippen molar-refractivity contribution in [2.45, 2.75) is 70.4 Å². The number of pyridine rings is 1. The van der Waals surface area contributed by atoms with E-state index in [4.69, 9.17) is 35.6 Å². The number of rotatable bonds is 8. The minimum absolute atomic E-state index is 0.213. The maximum Gasteiger partial charge on any atom is 0.201 e. The van der Waals surface area contributed by atoms with Gasteiger partial charge in [-0.1, -0.05) is 25.4 Å². The van der Waals surface area contributed by atoms with Crippen LogP contribution >= 0.6 is 11.6 Å². The minimum Gasteiger partial charge on any atom is -0.383 e. The number of benzene rings is 1. The number of aromatic nitrogens is 1. The summed E-state index contributed by atoms with van der Waals surface area (Å²) in [6, 6.07) is 7.90. The lowest BCUT2D eigenvalue weighted by Gasteiger charge is -2.60. The third-order valence-electron chi connectivity index (χ3n) is 10.7. The van der Waals surface area contributed by atoms with Crippen LogP contribution < -0.4 is 5.32 Å². The molecule has 9 nitrogen and oxygen atoms in total. The second-order valence-electron chi connectivity index (χ2n) is 13.3. The van der Waals surface area contributed by atoms with E-state index in [0.29, 0.717) is 29.4 Å². The zero-order chi connectivity index (χ0) is 28.9. The number of nitrogens with zero attached hydrogens (tertiary/aromatic N) is 3. The molecule has 1 saturated carbocycles. The molecule has 2 unspecified atom stereocenters. The average Bonchev–Trinajstić information content (AvgIpc) is 3.22. The first-order valence-corrected chi connectivity index (χ1v) is 16.3. The van der Waals surface area contributed by atoms with Gasteiger partial charge in [0.1, 0.15) is 0 Å². The Kier molecular flexibility index (Phi) is 8.16. The van der Waals surface area contributed by atoms with E-state index in [2.05, 4.69) is 33.9 Å². The fourth-order valence-corrected chi connectivity index (χ4v) is 8.39. The Hall–Kier alpha value is -1.56. The zero-order valence-corrected chi connectivity index (χ0v) is 25.9. The number of hydrogen-bond acceptors (Lipinski definition) is 9. The predicted octanol–water partition coefficient (Wildman–Crippen LogP) is 5.14. The lowest BCUT2D eigenvalue weighted by molar-refractivity contribution is -0.577. The molecule has 42 heavy (non-hydrogen) atoms. The number of piperazine rings is 1. The molecule has 1 N–H and O–H groups in total. The van der Waals surface area contributed by atoms with Crippen molar-refractivity contribution in [3.8, 4) is 0 Å². The molecule has 1 aromatic heterocycles. The lowest BCUT2D eigenvalue weighted by atomic mass is 9.58. The van der Waals surface area contributed by atoms with Gasteiger partial charge in [-0.15, -0.1) is 0 Å². The molecule has 2 bridgehead atoms. The lowest BCUT2D eigenvalue weighted by Crippen LogP contribution is -2.70. The van der Waals surface area contributed by atoms with Crippen LogP contribution in [0.5, 0.6) is 0 Å². The van der Waals surface area contributed by atoms with Crippen molar-refractivity contribution in [1.82, 2.24) is 14.8 Å². The third kappa shape index (κ3) is 5.34. The Labute approximate surface area is 254 Å². The molecule has 8 atom stereocenters. The van der Waals surface area contributed by atoms with Crippen LogP contribution in [0.15, 0.2) is 30.5 Å². The molecule has 6 heterocycles. The van der Waals surface area contributed by atoms with E-state index in [1.54, 1.807) is 0 Å². The summed E-state index contributed by atoms with van der Waals surface area (Å²) in [6.07, 6.45) is 5.26. The number of fused-ring (bicyclic) bond motifs is 3. The summed E-state index contributed by atoms with van der Waals surface area (Å²) in [5.41, 5.74) is 1.49. The van der Waals surface area contributed by atoms with E-state index in [1.165, 1.54) is 6.42 Å². The second kappa shape index (κ2) is 11.7. The number of halogens is 1. The van der Waals surface area contributed by atoms with E-state index in [9.17, 15) is 0 Å². The maximum absolute atomic E-state index is 6.58. The topological polar surface area (TPSA) is 77.6 Å². The molecule has 5 saturated heterocycles. The van der Waals surface area contributed by atoms with Crippen LogP contribution in [-0.2, 0) is 24.0 Å². The summed E-state index contributed by atoms with van der Waals surface area (Å²) >= 11 is 6.14. The summed E-state index contributed by atoms with van der Waals surface area (Å²) < 4.78 is 19.5. The van der Waals surface area contributed by atoms with Crippen LogP contribution in [0.25, 0.3) is 10.9 Å². The molecule has 230 valence electrons. The van der Waals surface area contributed by atoms with Crippen molar-refractivity contribution in [3.63, 3.8) is 0 Å². The van der Waals surface area contributed by atoms with Gasteiger partial charge in [-0.05, 0) is 62.3 Å². The van der Waals surface area contributed by atoms with Crippen LogP contribution in [0.1, 0.15) is 46.5 Å². The molecule has 2 aromatic rings. The van der Waals surface area contributed by atoms with Gasteiger partial charge in [0.15, 0.2) is 18.2 Å². The Morgan fingerprint density at radius 2 is 1.83 bits per heavy atom. The van der Waals surface area contributed by atoms with Crippen LogP contribution in [-0.4, -0.2) is 91.2 Å². The normalized spacial score (nSPS) is 38.8. The summed E-state index contributed by atoms with van der Waals surface area (Å²) in [5, 5.41) is 5.40. The average molecular weight is 601 g/mol. The van der Waals surface area contributed by atoms with E-state index >= 15 is 0 Å².